The molecule has 2 heterocycles. The summed E-state index contributed by atoms with van der Waals surface area (Å²) in [7, 11) is 0. The van der Waals surface area contributed by atoms with Gasteiger partial charge in [0.15, 0.2) is 5.13 Å². The maximum Gasteiger partial charge on any atom is 0.321 e. The lowest BCUT2D eigenvalue weighted by Gasteiger charge is -2.05. The zero-order valence-corrected chi connectivity index (χ0v) is 14.5. The first-order valence-electron chi connectivity index (χ1n) is 7.68. The Morgan fingerprint density at radius 1 is 1.29 bits per heavy atom. The van der Waals surface area contributed by atoms with Crippen LogP contribution in [-0.2, 0) is 9.53 Å². The van der Waals surface area contributed by atoms with Crippen LogP contribution < -0.4 is 10.6 Å². The third kappa shape index (κ3) is 5.31. The van der Waals surface area contributed by atoms with Crippen molar-refractivity contribution in [1.82, 2.24) is 15.3 Å². The average Bonchev–Trinajstić information content (AvgIpc) is 2.93. The van der Waals surface area contributed by atoms with E-state index in [2.05, 4.69) is 20.6 Å². The molecule has 24 heavy (non-hydrogen) atoms. The second-order valence-corrected chi connectivity index (χ2v) is 5.96. The Morgan fingerprint density at radius 3 is 2.75 bits per heavy atom. The van der Waals surface area contributed by atoms with Crippen molar-refractivity contribution in [3.05, 3.63) is 30.2 Å². The fourth-order valence-corrected chi connectivity index (χ4v) is 3.00. The smallest absolute Gasteiger partial charge is 0.321 e. The van der Waals surface area contributed by atoms with Gasteiger partial charge in [-0.1, -0.05) is 11.3 Å². The van der Waals surface area contributed by atoms with E-state index >= 15 is 0 Å². The number of esters is 1. The van der Waals surface area contributed by atoms with E-state index in [0.717, 1.165) is 16.1 Å². The number of ether oxygens (including phenoxy) is 1. The van der Waals surface area contributed by atoms with E-state index in [1.165, 1.54) is 11.3 Å². The van der Waals surface area contributed by atoms with Crippen molar-refractivity contribution in [2.45, 2.75) is 26.7 Å². The Labute approximate surface area is 144 Å². The molecule has 2 aromatic rings. The molecule has 2 rings (SSSR count). The monoisotopic (exact) mass is 348 g/mol. The molecule has 0 fully saturated rings. The molecule has 0 aliphatic heterocycles. The molecule has 2 amide bonds. The van der Waals surface area contributed by atoms with Gasteiger partial charge < -0.3 is 10.1 Å². The van der Waals surface area contributed by atoms with Gasteiger partial charge in [-0.05, 0) is 38.0 Å². The lowest BCUT2D eigenvalue weighted by atomic mass is 10.2. The molecule has 8 heteroatoms. The highest BCUT2D eigenvalue weighted by Gasteiger charge is 2.11. The van der Waals surface area contributed by atoms with E-state index in [9.17, 15) is 9.59 Å². The lowest BCUT2D eigenvalue weighted by molar-refractivity contribution is -0.143. The number of nitrogens with one attached hydrogen (secondary N) is 2. The first kappa shape index (κ1) is 17.9. The third-order valence-corrected chi connectivity index (χ3v) is 4.23. The summed E-state index contributed by atoms with van der Waals surface area (Å²) < 4.78 is 4.82. The summed E-state index contributed by atoms with van der Waals surface area (Å²) in [5, 5.41) is 5.94. The number of thiazole rings is 1. The van der Waals surface area contributed by atoms with E-state index in [1.54, 1.807) is 19.3 Å². The van der Waals surface area contributed by atoms with Crippen molar-refractivity contribution in [2.75, 3.05) is 18.5 Å². The summed E-state index contributed by atoms with van der Waals surface area (Å²) >= 11 is 1.41. The van der Waals surface area contributed by atoms with Crippen molar-refractivity contribution in [3.8, 4) is 10.4 Å². The number of urea groups is 1. The second-order valence-electron chi connectivity index (χ2n) is 4.96. The molecule has 7 nitrogen and oxygen atoms in total. The number of anilines is 1. The van der Waals surface area contributed by atoms with Crippen LogP contribution in [0, 0.1) is 6.92 Å². The highest BCUT2D eigenvalue weighted by Crippen LogP contribution is 2.32. The summed E-state index contributed by atoms with van der Waals surface area (Å²) in [5.74, 6) is -0.253. The number of carbonyl (C=O) groups is 2. The maximum atomic E-state index is 11.9. The van der Waals surface area contributed by atoms with Gasteiger partial charge >= 0.3 is 12.0 Å². The highest BCUT2D eigenvalue weighted by atomic mass is 32.1. The van der Waals surface area contributed by atoms with Crippen LogP contribution in [0.25, 0.3) is 10.4 Å². The van der Waals surface area contributed by atoms with Gasteiger partial charge in [0.25, 0.3) is 0 Å². The molecule has 0 aliphatic rings. The van der Waals surface area contributed by atoms with Crippen LogP contribution in [0.5, 0.6) is 0 Å². The molecule has 2 N–H and O–H groups in total. The van der Waals surface area contributed by atoms with Crippen molar-refractivity contribution in [2.24, 2.45) is 0 Å². The van der Waals surface area contributed by atoms with Gasteiger partial charge in [-0.2, -0.15) is 0 Å². The molecule has 0 unspecified atom stereocenters. The van der Waals surface area contributed by atoms with Crippen LogP contribution in [0.4, 0.5) is 9.93 Å². The fraction of sp³-hybridized carbons (Fsp3) is 0.375. The van der Waals surface area contributed by atoms with Gasteiger partial charge in [0.2, 0.25) is 0 Å². The summed E-state index contributed by atoms with van der Waals surface area (Å²) in [6.07, 6.45) is 4.26. The normalized spacial score (nSPS) is 10.2. The number of hydrogen-bond acceptors (Lipinski definition) is 6. The van der Waals surface area contributed by atoms with Crippen LogP contribution in [0.15, 0.2) is 24.5 Å². The molecule has 0 saturated heterocycles. The van der Waals surface area contributed by atoms with Gasteiger partial charge in [-0.15, -0.1) is 0 Å². The molecule has 0 spiro atoms. The molecule has 128 valence electrons. The van der Waals surface area contributed by atoms with Crippen molar-refractivity contribution in [1.29, 1.82) is 0 Å². The van der Waals surface area contributed by atoms with E-state index in [-0.39, 0.29) is 18.4 Å². The number of aromatic nitrogens is 2. The number of pyridine rings is 1. The van der Waals surface area contributed by atoms with Crippen molar-refractivity contribution >= 4 is 28.5 Å². The van der Waals surface area contributed by atoms with Crippen LogP contribution in [0.2, 0.25) is 0 Å². The van der Waals surface area contributed by atoms with Crippen LogP contribution in [0.1, 0.15) is 25.5 Å². The predicted octanol–water partition coefficient (Wildman–Crippen LogP) is 2.98. The minimum Gasteiger partial charge on any atom is -0.466 e. The van der Waals surface area contributed by atoms with Gasteiger partial charge in [-0.25, -0.2) is 9.78 Å². The standard InChI is InChI=1S/C16H20N4O3S/c1-3-23-13(21)5-4-8-18-15(22)20-16-19-11(2)14(24-16)12-6-9-17-10-7-12/h6-7,9-10H,3-5,8H2,1-2H3,(H2,18,19,20,22). The van der Waals surface area contributed by atoms with Crippen molar-refractivity contribution in [3.63, 3.8) is 0 Å². The first-order valence-corrected chi connectivity index (χ1v) is 8.50. The van der Waals surface area contributed by atoms with Gasteiger partial charge in [0, 0.05) is 25.4 Å². The number of aryl methyl sites for hydroxylation is 1. The Balaban J connectivity index is 1.81. The Hall–Kier alpha value is -2.48. The molecule has 0 atom stereocenters. The SMILES string of the molecule is CCOC(=O)CCCNC(=O)Nc1nc(C)c(-c2ccncc2)s1. The summed E-state index contributed by atoms with van der Waals surface area (Å²) in [4.78, 5) is 32.4. The number of rotatable bonds is 7. The van der Waals surface area contributed by atoms with Crippen molar-refractivity contribution < 1.29 is 14.3 Å². The molecule has 0 radical (unpaired) electrons. The van der Waals surface area contributed by atoms with E-state index in [0.29, 0.717) is 24.7 Å². The zero-order chi connectivity index (χ0) is 17.4. The molecular formula is C16H20N4O3S. The van der Waals surface area contributed by atoms with Crippen LogP contribution in [0.3, 0.4) is 0 Å². The number of hydrogen-bond donors (Lipinski definition) is 2. The molecule has 2 aromatic heterocycles. The number of nitrogens with zero attached hydrogens (tertiary/aromatic N) is 2. The number of amides is 2. The van der Waals surface area contributed by atoms with Gasteiger partial charge in [0.1, 0.15) is 0 Å². The fourth-order valence-electron chi connectivity index (χ4n) is 2.03. The van der Waals surface area contributed by atoms with E-state index in [4.69, 9.17) is 4.74 Å². The second kappa shape index (κ2) is 8.97. The van der Waals surface area contributed by atoms with Gasteiger partial charge in [-0.3, -0.25) is 15.1 Å². The van der Waals surface area contributed by atoms with E-state index in [1.807, 2.05) is 19.1 Å². The highest BCUT2D eigenvalue weighted by molar-refractivity contribution is 7.19. The minimum atomic E-state index is -0.339. The third-order valence-electron chi connectivity index (χ3n) is 3.11. The molecule has 0 saturated carbocycles. The number of carbonyl (C=O) groups excluding carboxylic acids is 2. The average molecular weight is 348 g/mol. The van der Waals surface area contributed by atoms with Gasteiger partial charge in [0.05, 0.1) is 17.2 Å². The Bertz CT molecular complexity index is 688. The van der Waals surface area contributed by atoms with Crippen LogP contribution in [-0.4, -0.2) is 35.1 Å². The Kier molecular flexibility index (Phi) is 6.68. The van der Waals surface area contributed by atoms with Crippen LogP contribution >= 0.6 is 11.3 Å². The molecule has 0 aliphatic carbocycles. The zero-order valence-electron chi connectivity index (χ0n) is 13.7. The summed E-state index contributed by atoms with van der Waals surface area (Å²) in [6, 6.07) is 3.47. The largest absolute Gasteiger partial charge is 0.466 e. The lowest BCUT2D eigenvalue weighted by Crippen LogP contribution is -2.29. The quantitative estimate of drug-likeness (QED) is 0.593. The Morgan fingerprint density at radius 2 is 2.04 bits per heavy atom. The molecule has 0 bridgehead atoms. The topological polar surface area (TPSA) is 93.2 Å². The summed E-state index contributed by atoms with van der Waals surface area (Å²) in [5.41, 5.74) is 1.87. The minimum absolute atomic E-state index is 0.253. The molecular weight excluding hydrogens is 328 g/mol. The maximum absolute atomic E-state index is 11.9. The van der Waals surface area contributed by atoms with E-state index < -0.39 is 0 Å². The predicted molar refractivity (Wildman–Crippen MR) is 93.0 cm³/mol. The first-order chi connectivity index (χ1) is 11.6. The molecule has 0 aromatic carbocycles. The summed E-state index contributed by atoms with van der Waals surface area (Å²) in [6.45, 7) is 4.43.